The molecule has 5 heteroatoms. The zero-order valence-electron chi connectivity index (χ0n) is 12.2. The minimum absolute atomic E-state index is 0.204. The van der Waals surface area contributed by atoms with E-state index in [2.05, 4.69) is 4.98 Å². The molecule has 1 aliphatic carbocycles. The van der Waals surface area contributed by atoms with Crippen LogP contribution in [0.1, 0.15) is 36.2 Å². The summed E-state index contributed by atoms with van der Waals surface area (Å²) >= 11 is 7.62. The molecular formula is C16H16ClNO2S. The van der Waals surface area contributed by atoms with Gasteiger partial charge in [0.1, 0.15) is 11.6 Å². The summed E-state index contributed by atoms with van der Waals surface area (Å²) in [7, 11) is 0. The number of benzene rings is 1. The first-order valence-electron chi connectivity index (χ1n) is 6.79. The molecule has 2 aromatic rings. The molecule has 1 aliphatic rings. The van der Waals surface area contributed by atoms with Crippen molar-refractivity contribution in [3.8, 4) is 11.3 Å². The number of nitrogens with zero attached hydrogens (tertiary/aromatic N) is 1. The molecule has 110 valence electrons. The van der Waals surface area contributed by atoms with E-state index < -0.39 is 5.41 Å². The van der Waals surface area contributed by atoms with E-state index in [0.717, 1.165) is 27.7 Å². The number of rotatable bonds is 2. The van der Waals surface area contributed by atoms with Crippen molar-refractivity contribution in [1.82, 2.24) is 4.98 Å². The fourth-order valence-electron chi connectivity index (χ4n) is 2.25. The summed E-state index contributed by atoms with van der Waals surface area (Å²) in [5.41, 5.74) is 2.88. The largest absolute Gasteiger partial charge is 0.458 e. The zero-order valence-corrected chi connectivity index (χ0v) is 13.8. The van der Waals surface area contributed by atoms with Gasteiger partial charge in [0.25, 0.3) is 0 Å². The Morgan fingerprint density at radius 1 is 1.43 bits per heavy atom. The molecule has 1 aromatic heterocycles. The van der Waals surface area contributed by atoms with Crippen molar-refractivity contribution < 1.29 is 9.53 Å². The number of esters is 1. The smallest absolute Gasteiger partial charge is 0.311 e. The average Bonchev–Trinajstić information content (AvgIpc) is 2.90. The van der Waals surface area contributed by atoms with Crippen molar-refractivity contribution in [3.63, 3.8) is 0 Å². The minimum Gasteiger partial charge on any atom is -0.458 e. The van der Waals surface area contributed by atoms with E-state index in [0.29, 0.717) is 0 Å². The molecule has 0 saturated heterocycles. The predicted octanol–water partition coefficient (Wildman–Crippen LogP) is 4.46. The number of thiazole rings is 1. The van der Waals surface area contributed by atoms with Crippen LogP contribution in [0.25, 0.3) is 11.3 Å². The van der Waals surface area contributed by atoms with Crippen molar-refractivity contribution in [2.24, 2.45) is 5.41 Å². The summed E-state index contributed by atoms with van der Waals surface area (Å²) in [4.78, 5) is 17.6. The first-order chi connectivity index (χ1) is 9.84. The summed E-state index contributed by atoms with van der Waals surface area (Å²) in [6.45, 7) is 5.78. The Morgan fingerprint density at radius 2 is 2.19 bits per heavy atom. The first-order valence-corrected chi connectivity index (χ1v) is 7.98. The Hall–Kier alpha value is -1.39. The van der Waals surface area contributed by atoms with E-state index in [-0.39, 0.29) is 12.6 Å². The maximum absolute atomic E-state index is 11.8. The Bertz CT molecular complexity index is 716. The van der Waals surface area contributed by atoms with Gasteiger partial charge in [-0.05, 0) is 38.5 Å². The molecular weight excluding hydrogens is 306 g/mol. The van der Waals surface area contributed by atoms with Crippen LogP contribution in [0.4, 0.5) is 0 Å². The molecule has 0 spiro atoms. The standard InChI is InChI=1S/C16H16ClNO2S/c1-16(2,3)15(19)20-8-13-18-14-11-5-4-10(17)6-9(11)7-12(14)21-13/h4-6H,7-8H2,1-3H3. The number of carbonyl (C=O) groups is 1. The van der Waals surface area contributed by atoms with E-state index in [9.17, 15) is 4.79 Å². The Labute approximate surface area is 132 Å². The molecule has 0 aliphatic heterocycles. The number of ether oxygens (including phenoxy) is 1. The SMILES string of the molecule is CC(C)(C)C(=O)OCc1nc2c(s1)Cc1cc(Cl)ccc1-2. The third-order valence-electron chi connectivity index (χ3n) is 3.35. The van der Waals surface area contributed by atoms with Crippen molar-refractivity contribution in [2.45, 2.75) is 33.8 Å². The van der Waals surface area contributed by atoms with Crippen LogP contribution in [-0.4, -0.2) is 11.0 Å². The molecule has 21 heavy (non-hydrogen) atoms. The van der Waals surface area contributed by atoms with Gasteiger partial charge in [-0.2, -0.15) is 0 Å². The third-order valence-corrected chi connectivity index (χ3v) is 4.62. The monoisotopic (exact) mass is 321 g/mol. The van der Waals surface area contributed by atoms with Crippen LogP contribution in [0.15, 0.2) is 18.2 Å². The van der Waals surface area contributed by atoms with E-state index in [1.807, 2.05) is 39.0 Å². The van der Waals surface area contributed by atoms with Gasteiger partial charge in [-0.1, -0.05) is 17.7 Å². The van der Waals surface area contributed by atoms with Gasteiger partial charge in [-0.3, -0.25) is 4.79 Å². The topological polar surface area (TPSA) is 39.2 Å². The quantitative estimate of drug-likeness (QED) is 0.654. The highest BCUT2D eigenvalue weighted by molar-refractivity contribution is 7.12. The van der Waals surface area contributed by atoms with E-state index in [1.54, 1.807) is 11.3 Å². The van der Waals surface area contributed by atoms with Crippen LogP contribution in [0, 0.1) is 5.41 Å². The van der Waals surface area contributed by atoms with Crippen molar-refractivity contribution >= 4 is 28.9 Å². The molecule has 0 atom stereocenters. The summed E-state index contributed by atoms with van der Waals surface area (Å²) in [6, 6.07) is 5.88. The third kappa shape index (κ3) is 2.83. The zero-order chi connectivity index (χ0) is 15.2. The van der Waals surface area contributed by atoms with Crippen LogP contribution >= 0.6 is 22.9 Å². The lowest BCUT2D eigenvalue weighted by atomic mass is 9.97. The molecule has 1 heterocycles. The molecule has 3 nitrogen and oxygen atoms in total. The van der Waals surface area contributed by atoms with E-state index >= 15 is 0 Å². The minimum atomic E-state index is -0.483. The highest BCUT2D eigenvalue weighted by Gasteiger charge is 2.26. The molecule has 0 fully saturated rings. The molecule has 0 unspecified atom stereocenters. The van der Waals surface area contributed by atoms with Crippen LogP contribution in [-0.2, 0) is 22.6 Å². The summed E-state index contributed by atoms with van der Waals surface area (Å²) in [5.74, 6) is -0.204. The van der Waals surface area contributed by atoms with Crippen LogP contribution < -0.4 is 0 Å². The normalized spacial score (nSPS) is 13.0. The molecule has 0 amide bonds. The van der Waals surface area contributed by atoms with Gasteiger partial charge < -0.3 is 4.74 Å². The summed E-state index contributed by atoms with van der Waals surface area (Å²) in [6.07, 6.45) is 0.857. The number of hydrogen-bond acceptors (Lipinski definition) is 4. The Kier molecular flexibility index (Phi) is 3.54. The fourth-order valence-corrected chi connectivity index (χ4v) is 3.46. The van der Waals surface area contributed by atoms with Gasteiger partial charge in [0.05, 0.1) is 11.1 Å². The maximum atomic E-state index is 11.8. The molecule has 0 radical (unpaired) electrons. The van der Waals surface area contributed by atoms with Gasteiger partial charge in [0.15, 0.2) is 0 Å². The number of hydrogen-bond donors (Lipinski definition) is 0. The van der Waals surface area contributed by atoms with Crippen LogP contribution in [0.5, 0.6) is 0 Å². The average molecular weight is 322 g/mol. The maximum Gasteiger partial charge on any atom is 0.311 e. The van der Waals surface area contributed by atoms with Gasteiger partial charge in [-0.25, -0.2) is 4.98 Å². The number of aromatic nitrogens is 1. The molecule has 0 bridgehead atoms. The van der Waals surface area contributed by atoms with Crippen LogP contribution in [0.2, 0.25) is 5.02 Å². The Balaban J connectivity index is 1.77. The molecule has 0 saturated carbocycles. The lowest BCUT2D eigenvalue weighted by molar-refractivity contribution is -0.154. The number of carbonyl (C=O) groups excluding carboxylic acids is 1. The predicted molar refractivity (Wildman–Crippen MR) is 84.6 cm³/mol. The molecule has 0 N–H and O–H groups in total. The fraction of sp³-hybridized carbons (Fsp3) is 0.375. The lowest BCUT2D eigenvalue weighted by Crippen LogP contribution is -2.22. The summed E-state index contributed by atoms with van der Waals surface area (Å²) in [5, 5.41) is 1.60. The van der Waals surface area contributed by atoms with Gasteiger partial charge in [0, 0.05) is 21.9 Å². The van der Waals surface area contributed by atoms with Gasteiger partial charge >= 0.3 is 5.97 Å². The number of halogens is 1. The van der Waals surface area contributed by atoms with Crippen molar-refractivity contribution in [2.75, 3.05) is 0 Å². The second-order valence-corrected chi connectivity index (χ2v) is 7.79. The van der Waals surface area contributed by atoms with Crippen molar-refractivity contribution in [3.05, 3.63) is 38.7 Å². The highest BCUT2D eigenvalue weighted by Crippen LogP contribution is 2.40. The first kappa shape index (κ1) is 14.5. The van der Waals surface area contributed by atoms with Crippen LogP contribution in [0.3, 0.4) is 0 Å². The second-order valence-electron chi connectivity index (χ2n) is 6.18. The summed E-state index contributed by atoms with van der Waals surface area (Å²) < 4.78 is 5.32. The highest BCUT2D eigenvalue weighted by atomic mass is 35.5. The second kappa shape index (κ2) is 5.11. The lowest BCUT2D eigenvalue weighted by Gasteiger charge is -2.15. The van der Waals surface area contributed by atoms with E-state index in [1.165, 1.54) is 10.4 Å². The molecule has 3 rings (SSSR count). The number of fused-ring (bicyclic) bond motifs is 3. The molecule has 1 aromatic carbocycles. The van der Waals surface area contributed by atoms with Gasteiger partial charge in [0.2, 0.25) is 0 Å². The Morgan fingerprint density at radius 3 is 2.90 bits per heavy atom. The van der Waals surface area contributed by atoms with Crippen molar-refractivity contribution in [1.29, 1.82) is 0 Å². The van der Waals surface area contributed by atoms with E-state index in [4.69, 9.17) is 16.3 Å². The van der Waals surface area contributed by atoms with Gasteiger partial charge in [-0.15, -0.1) is 11.3 Å².